The van der Waals surface area contributed by atoms with E-state index in [0.717, 1.165) is 6.07 Å². The molecule has 8 nitrogen and oxygen atoms in total. The zero-order valence-electron chi connectivity index (χ0n) is 14.3. The lowest BCUT2D eigenvalue weighted by atomic mass is 10.1. The fourth-order valence-corrected chi connectivity index (χ4v) is 1.72. The van der Waals surface area contributed by atoms with E-state index in [1.807, 2.05) is 0 Å². The molecule has 0 aliphatic carbocycles. The second-order valence-electron chi connectivity index (χ2n) is 5.19. The molecule has 0 amide bonds. The van der Waals surface area contributed by atoms with Gasteiger partial charge in [0.05, 0.1) is 18.2 Å². The molecule has 0 bridgehead atoms. The highest BCUT2D eigenvalue weighted by atomic mass is 16.5. The second kappa shape index (κ2) is 10.0. The minimum Gasteiger partial charge on any atom is -0.497 e. The number of hydrogen-bond acceptors (Lipinski definition) is 6. The lowest BCUT2D eigenvalue weighted by Gasteiger charge is -2.17. The van der Waals surface area contributed by atoms with Gasteiger partial charge in [0, 0.05) is 6.07 Å². The summed E-state index contributed by atoms with van der Waals surface area (Å²) in [6, 6.07) is 12.3. The summed E-state index contributed by atoms with van der Waals surface area (Å²) >= 11 is 0. The Hall–Kier alpha value is -3.10. The Labute approximate surface area is 150 Å². The van der Waals surface area contributed by atoms with Crippen molar-refractivity contribution in [3.05, 3.63) is 59.7 Å². The highest BCUT2D eigenvalue weighted by Crippen LogP contribution is 2.19. The molecule has 2 aromatic carbocycles. The van der Waals surface area contributed by atoms with Crippen LogP contribution in [0.4, 0.5) is 0 Å². The number of aliphatic hydroxyl groups is 1. The van der Waals surface area contributed by atoms with E-state index in [9.17, 15) is 9.59 Å². The number of carboxylic acid groups (broad SMARTS) is 2. The molecule has 0 heterocycles. The smallest absolute Gasteiger partial charge is 0.335 e. The summed E-state index contributed by atoms with van der Waals surface area (Å²) in [4.78, 5) is 20.8. The van der Waals surface area contributed by atoms with E-state index in [1.54, 1.807) is 38.3 Å². The summed E-state index contributed by atoms with van der Waals surface area (Å²) in [5.41, 5.74) is 5.49. The summed E-state index contributed by atoms with van der Waals surface area (Å²) in [7, 11) is 1.58. The summed E-state index contributed by atoms with van der Waals surface area (Å²) < 4.78 is 10.3. The molecule has 8 heteroatoms. The maximum atomic E-state index is 10.4. The number of hydrogen-bond donors (Lipinski definition) is 4. The van der Waals surface area contributed by atoms with Gasteiger partial charge >= 0.3 is 11.9 Å². The summed E-state index contributed by atoms with van der Waals surface area (Å²) in [6.07, 6.45) is -1.43. The molecule has 2 rings (SSSR count). The fraction of sp³-hybridized carbons (Fsp3) is 0.222. The third-order valence-corrected chi connectivity index (χ3v) is 3.15. The standard InChI is InChI=1S/C10H15NO3.C8H6O4/c1-7(12)10(11)14-9-5-3-4-8(6-9)13-2;9-7(10)5-2-1-3-6(4-5)8(11)12/h3-7,10,12H,11H2,1-2H3;1-4H,(H,9,10)(H,11,12). The summed E-state index contributed by atoms with van der Waals surface area (Å²) in [5.74, 6) is -0.978. The Bertz CT molecular complexity index is 717. The zero-order chi connectivity index (χ0) is 19.7. The molecule has 0 spiro atoms. The quantitative estimate of drug-likeness (QED) is 0.570. The van der Waals surface area contributed by atoms with E-state index in [2.05, 4.69) is 0 Å². The largest absolute Gasteiger partial charge is 0.497 e. The molecular weight excluding hydrogens is 342 g/mol. The second-order valence-corrected chi connectivity index (χ2v) is 5.19. The van der Waals surface area contributed by atoms with Crippen molar-refractivity contribution in [2.45, 2.75) is 19.3 Å². The van der Waals surface area contributed by atoms with Crippen molar-refractivity contribution in [1.82, 2.24) is 0 Å². The maximum absolute atomic E-state index is 10.4. The Kier molecular flexibility index (Phi) is 8.07. The average molecular weight is 363 g/mol. The third-order valence-electron chi connectivity index (χ3n) is 3.15. The molecule has 0 aliphatic heterocycles. The van der Waals surface area contributed by atoms with Gasteiger partial charge in [0.1, 0.15) is 17.6 Å². The maximum Gasteiger partial charge on any atom is 0.335 e. The lowest BCUT2D eigenvalue weighted by Crippen LogP contribution is -2.37. The summed E-state index contributed by atoms with van der Waals surface area (Å²) in [5, 5.41) is 26.1. The van der Waals surface area contributed by atoms with E-state index in [0.29, 0.717) is 11.5 Å². The van der Waals surface area contributed by atoms with E-state index in [-0.39, 0.29) is 11.1 Å². The minimum absolute atomic E-state index is 0.0186. The molecule has 2 aromatic rings. The van der Waals surface area contributed by atoms with E-state index in [1.165, 1.54) is 18.2 Å². The Balaban J connectivity index is 0.000000263. The van der Waals surface area contributed by atoms with Crippen molar-refractivity contribution in [2.75, 3.05) is 7.11 Å². The van der Waals surface area contributed by atoms with Crippen LogP contribution in [0, 0.1) is 0 Å². The van der Waals surface area contributed by atoms with Gasteiger partial charge in [-0.1, -0.05) is 12.1 Å². The van der Waals surface area contributed by atoms with Gasteiger partial charge in [-0.05, 0) is 37.3 Å². The van der Waals surface area contributed by atoms with Gasteiger partial charge in [0.15, 0.2) is 6.23 Å². The van der Waals surface area contributed by atoms with Gasteiger partial charge < -0.3 is 24.8 Å². The van der Waals surface area contributed by atoms with Crippen molar-refractivity contribution in [2.24, 2.45) is 5.73 Å². The molecular formula is C18H21NO7. The van der Waals surface area contributed by atoms with Crippen LogP contribution in [0.5, 0.6) is 11.5 Å². The molecule has 0 aromatic heterocycles. The average Bonchev–Trinajstić information content (AvgIpc) is 2.62. The number of aromatic carboxylic acids is 2. The molecule has 0 aliphatic rings. The van der Waals surface area contributed by atoms with Crippen LogP contribution in [0.3, 0.4) is 0 Å². The van der Waals surface area contributed by atoms with Crippen LogP contribution in [0.15, 0.2) is 48.5 Å². The molecule has 0 saturated carbocycles. The number of rotatable bonds is 6. The van der Waals surface area contributed by atoms with E-state index >= 15 is 0 Å². The molecule has 0 saturated heterocycles. The van der Waals surface area contributed by atoms with Crippen molar-refractivity contribution >= 4 is 11.9 Å². The van der Waals surface area contributed by atoms with Crippen LogP contribution >= 0.6 is 0 Å². The summed E-state index contributed by atoms with van der Waals surface area (Å²) in [6.45, 7) is 1.57. The normalized spacial score (nSPS) is 12.2. The third kappa shape index (κ3) is 6.80. The Morgan fingerprint density at radius 1 is 0.962 bits per heavy atom. The first-order chi connectivity index (χ1) is 12.2. The van der Waals surface area contributed by atoms with Gasteiger partial charge in [-0.3, -0.25) is 5.73 Å². The SMILES string of the molecule is COc1cccc(OC(N)C(C)O)c1.O=C(O)c1cccc(C(=O)O)c1. The monoisotopic (exact) mass is 363 g/mol. The number of nitrogens with two attached hydrogens (primary N) is 1. The highest BCUT2D eigenvalue weighted by Gasteiger charge is 2.10. The van der Waals surface area contributed by atoms with Crippen molar-refractivity contribution in [3.8, 4) is 11.5 Å². The minimum atomic E-state index is -1.13. The van der Waals surface area contributed by atoms with Crippen LogP contribution in [0.25, 0.3) is 0 Å². The first-order valence-electron chi connectivity index (χ1n) is 7.55. The molecule has 2 unspecified atom stereocenters. The number of carbonyl (C=O) groups is 2. The van der Waals surface area contributed by atoms with Crippen molar-refractivity contribution < 1.29 is 34.4 Å². The van der Waals surface area contributed by atoms with Crippen molar-refractivity contribution in [3.63, 3.8) is 0 Å². The predicted molar refractivity (Wildman–Crippen MR) is 93.6 cm³/mol. The van der Waals surface area contributed by atoms with Crippen LogP contribution in [-0.2, 0) is 0 Å². The number of benzene rings is 2. The van der Waals surface area contributed by atoms with Gasteiger partial charge in [0.25, 0.3) is 0 Å². The fourth-order valence-electron chi connectivity index (χ4n) is 1.72. The lowest BCUT2D eigenvalue weighted by molar-refractivity contribution is 0.0527. The first kappa shape index (κ1) is 20.9. The van der Waals surface area contributed by atoms with Crippen LogP contribution in [0.2, 0.25) is 0 Å². The number of aliphatic hydroxyl groups excluding tert-OH is 1. The van der Waals surface area contributed by atoms with E-state index in [4.69, 9.17) is 30.5 Å². The topological polar surface area (TPSA) is 139 Å². The predicted octanol–water partition coefficient (Wildman–Crippen LogP) is 1.82. The van der Waals surface area contributed by atoms with Crippen LogP contribution < -0.4 is 15.2 Å². The molecule has 26 heavy (non-hydrogen) atoms. The van der Waals surface area contributed by atoms with Crippen molar-refractivity contribution in [1.29, 1.82) is 0 Å². The number of carboxylic acids is 2. The van der Waals surface area contributed by atoms with Crippen LogP contribution in [-0.4, -0.2) is 46.7 Å². The highest BCUT2D eigenvalue weighted by molar-refractivity contribution is 5.93. The molecule has 2 atom stereocenters. The zero-order valence-corrected chi connectivity index (χ0v) is 14.3. The van der Waals surface area contributed by atoms with Gasteiger partial charge in [-0.2, -0.15) is 0 Å². The Morgan fingerprint density at radius 2 is 1.46 bits per heavy atom. The number of methoxy groups -OCH3 is 1. The molecule has 0 radical (unpaired) electrons. The first-order valence-corrected chi connectivity index (χ1v) is 7.55. The van der Waals surface area contributed by atoms with Gasteiger partial charge in [-0.25, -0.2) is 9.59 Å². The molecule has 140 valence electrons. The number of ether oxygens (including phenoxy) is 2. The van der Waals surface area contributed by atoms with Crippen LogP contribution in [0.1, 0.15) is 27.6 Å². The van der Waals surface area contributed by atoms with E-state index < -0.39 is 24.3 Å². The van der Waals surface area contributed by atoms with Gasteiger partial charge in [-0.15, -0.1) is 0 Å². The molecule has 0 fully saturated rings. The molecule has 5 N–H and O–H groups in total. The Morgan fingerprint density at radius 3 is 1.92 bits per heavy atom. The van der Waals surface area contributed by atoms with Gasteiger partial charge in [0.2, 0.25) is 0 Å².